The Bertz CT molecular complexity index is 1210. The molecule has 1 aliphatic heterocycles. The molecule has 4 aromatic heterocycles. The van der Waals surface area contributed by atoms with Crippen LogP contribution >= 0.6 is 0 Å². The molecule has 1 atom stereocenters. The van der Waals surface area contributed by atoms with Gasteiger partial charge in [-0.15, -0.1) is 0 Å². The predicted octanol–water partition coefficient (Wildman–Crippen LogP) is 3.63. The largest absolute Gasteiger partial charge is 0.456 e. The van der Waals surface area contributed by atoms with E-state index in [-0.39, 0.29) is 11.8 Å². The third-order valence-electron chi connectivity index (χ3n) is 5.84. The molecule has 32 heavy (non-hydrogen) atoms. The second-order valence-electron chi connectivity index (χ2n) is 8.11. The zero-order chi connectivity index (χ0) is 22.1. The average molecular weight is 433 g/mol. The smallest absolute Gasteiger partial charge is 0.289 e. The highest BCUT2D eigenvalue weighted by Gasteiger charge is 2.30. The highest BCUT2D eigenvalue weighted by molar-refractivity contribution is 5.91. The first-order chi connectivity index (χ1) is 15.6. The summed E-state index contributed by atoms with van der Waals surface area (Å²) in [4.78, 5) is 23.2. The van der Waals surface area contributed by atoms with Crippen LogP contribution in [0.3, 0.4) is 0 Å². The Morgan fingerprint density at radius 1 is 1.12 bits per heavy atom. The summed E-state index contributed by atoms with van der Waals surface area (Å²) in [5, 5.41) is 8.06. The van der Waals surface area contributed by atoms with Crippen molar-refractivity contribution in [1.82, 2.24) is 25.2 Å². The van der Waals surface area contributed by atoms with Gasteiger partial charge < -0.3 is 18.4 Å². The first-order valence-electron chi connectivity index (χ1n) is 10.6. The quantitative estimate of drug-likeness (QED) is 0.453. The second-order valence-corrected chi connectivity index (χ2v) is 8.11. The molecule has 9 heteroatoms. The van der Waals surface area contributed by atoms with Crippen molar-refractivity contribution < 1.29 is 18.3 Å². The van der Waals surface area contributed by atoms with Crippen molar-refractivity contribution >= 4 is 5.91 Å². The minimum absolute atomic E-state index is 0.0944. The molecule has 164 valence electrons. The van der Waals surface area contributed by atoms with Gasteiger partial charge in [-0.1, -0.05) is 10.3 Å². The van der Waals surface area contributed by atoms with Crippen LogP contribution in [0, 0.1) is 19.8 Å². The molecule has 0 radical (unpaired) electrons. The lowest BCUT2D eigenvalue weighted by molar-refractivity contribution is 0.0753. The molecule has 1 saturated heterocycles. The summed E-state index contributed by atoms with van der Waals surface area (Å²) < 4.78 is 16.4. The summed E-state index contributed by atoms with van der Waals surface area (Å²) in [6.07, 6.45) is 5.47. The van der Waals surface area contributed by atoms with Crippen LogP contribution in [0.1, 0.15) is 45.6 Å². The molecule has 0 bridgehead atoms. The number of rotatable bonds is 6. The number of pyridine rings is 1. The summed E-state index contributed by atoms with van der Waals surface area (Å²) in [6, 6.07) is 7.24. The van der Waals surface area contributed by atoms with Gasteiger partial charge in [-0.3, -0.25) is 9.78 Å². The molecule has 0 aromatic carbocycles. The van der Waals surface area contributed by atoms with Crippen LogP contribution in [0.4, 0.5) is 0 Å². The Morgan fingerprint density at radius 2 is 1.97 bits per heavy atom. The molecule has 0 spiro atoms. The van der Waals surface area contributed by atoms with Gasteiger partial charge in [-0.2, -0.15) is 4.98 Å². The Kier molecular flexibility index (Phi) is 5.30. The number of hydrogen-bond acceptors (Lipinski definition) is 8. The number of furan rings is 1. The molecule has 4 aromatic rings. The van der Waals surface area contributed by atoms with Crippen molar-refractivity contribution in [3.05, 3.63) is 71.0 Å². The lowest BCUT2D eigenvalue weighted by Gasteiger charge is -2.14. The number of aryl methyl sites for hydroxylation is 2. The molecule has 0 N–H and O–H groups in total. The van der Waals surface area contributed by atoms with Crippen molar-refractivity contribution in [2.24, 2.45) is 5.92 Å². The molecule has 0 aliphatic carbocycles. The fraction of sp³-hybridized carbons (Fsp3) is 0.348. The van der Waals surface area contributed by atoms with E-state index in [0.29, 0.717) is 49.2 Å². The number of hydrogen-bond donors (Lipinski definition) is 0. The van der Waals surface area contributed by atoms with E-state index >= 15 is 0 Å². The molecule has 1 amide bonds. The van der Waals surface area contributed by atoms with Crippen molar-refractivity contribution in [3.63, 3.8) is 0 Å². The van der Waals surface area contributed by atoms with Crippen LogP contribution in [-0.4, -0.2) is 44.2 Å². The highest BCUT2D eigenvalue weighted by atomic mass is 16.5. The lowest BCUT2D eigenvalue weighted by atomic mass is 10.1. The number of amides is 1. The van der Waals surface area contributed by atoms with Crippen LogP contribution in [0.5, 0.6) is 0 Å². The maximum Gasteiger partial charge on any atom is 0.289 e. The molecule has 1 unspecified atom stereocenters. The number of likely N-dealkylation sites (tertiary alicyclic amines) is 1. The SMILES string of the molecule is Cc1noc(C)c1Cc1ccc(C(=O)N2CCC(Cc3noc(-c4ccncc4)n3)C2)o1. The fourth-order valence-electron chi connectivity index (χ4n) is 4.06. The van der Waals surface area contributed by atoms with Crippen LogP contribution < -0.4 is 0 Å². The van der Waals surface area contributed by atoms with E-state index in [4.69, 9.17) is 13.5 Å². The third kappa shape index (κ3) is 4.05. The summed E-state index contributed by atoms with van der Waals surface area (Å²) >= 11 is 0. The van der Waals surface area contributed by atoms with Gasteiger partial charge in [0.25, 0.3) is 11.8 Å². The summed E-state index contributed by atoms with van der Waals surface area (Å²) in [7, 11) is 0. The zero-order valence-electron chi connectivity index (χ0n) is 17.9. The first-order valence-corrected chi connectivity index (χ1v) is 10.6. The van der Waals surface area contributed by atoms with Gasteiger partial charge in [0.1, 0.15) is 11.5 Å². The Balaban J connectivity index is 1.19. The zero-order valence-corrected chi connectivity index (χ0v) is 17.9. The summed E-state index contributed by atoms with van der Waals surface area (Å²) in [5.74, 6) is 3.15. The normalized spacial score (nSPS) is 16.1. The van der Waals surface area contributed by atoms with E-state index in [1.807, 2.05) is 36.9 Å². The predicted molar refractivity (Wildman–Crippen MR) is 113 cm³/mol. The fourth-order valence-corrected chi connectivity index (χ4v) is 4.06. The monoisotopic (exact) mass is 433 g/mol. The van der Waals surface area contributed by atoms with Gasteiger partial charge in [0, 0.05) is 49.5 Å². The Hall–Kier alpha value is -3.75. The molecule has 1 aliphatic rings. The van der Waals surface area contributed by atoms with E-state index in [9.17, 15) is 4.79 Å². The maximum atomic E-state index is 12.9. The van der Waals surface area contributed by atoms with E-state index < -0.39 is 0 Å². The molecule has 1 fully saturated rings. The Labute approximate surface area is 184 Å². The van der Waals surface area contributed by atoms with E-state index in [1.54, 1.807) is 18.5 Å². The molecule has 5 rings (SSSR count). The first kappa shape index (κ1) is 20.2. The van der Waals surface area contributed by atoms with Gasteiger partial charge >= 0.3 is 0 Å². The van der Waals surface area contributed by atoms with Crippen molar-refractivity contribution in [2.45, 2.75) is 33.1 Å². The lowest BCUT2D eigenvalue weighted by Crippen LogP contribution is -2.28. The van der Waals surface area contributed by atoms with E-state index in [1.165, 1.54) is 0 Å². The van der Waals surface area contributed by atoms with Crippen LogP contribution in [0.25, 0.3) is 11.5 Å². The van der Waals surface area contributed by atoms with Gasteiger partial charge in [-0.25, -0.2) is 0 Å². The number of carbonyl (C=O) groups is 1. The summed E-state index contributed by atoms with van der Waals surface area (Å²) in [6.45, 7) is 5.09. The van der Waals surface area contributed by atoms with Crippen LogP contribution in [0.15, 0.2) is 50.1 Å². The molecule has 9 nitrogen and oxygen atoms in total. The standard InChI is InChI=1S/C23H23N5O4/c1-14-19(15(2)31-26-14)12-18-3-4-20(30-18)23(29)28-10-7-16(13-28)11-21-25-22(32-27-21)17-5-8-24-9-6-17/h3-6,8-9,16H,7,10-13H2,1-2H3. The molecule has 0 saturated carbocycles. The van der Waals surface area contributed by atoms with E-state index in [2.05, 4.69) is 20.3 Å². The summed E-state index contributed by atoms with van der Waals surface area (Å²) in [5.41, 5.74) is 2.67. The topological polar surface area (TPSA) is 111 Å². The van der Waals surface area contributed by atoms with Gasteiger partial charge in [0.05, 0.1) is 5.69 Å². The minimum atomic E-state index is -0.0944. The molecular formula is C23H23N5O4. The van der Waals surface area contributed by atoms with Crippen molar-refractivity contribution in [3.8, 4) is 11.5 Å². The number of nitrogens with zero attached hydrogens (tertiary/aromatic N) is 5. The van der Waals surface area contributed by atoms with Gasteiger partial charge in [0.2, 0.25) is 0 Å². The van der Waals surface area contributed by atoms with Gasteiger partial charge in [-0.05, 0) is 50.5 Å². The minimum Gasteiger partial charge on any atom is -0.456 e. The van der Waals surface area contributed by atoms with E-state index in [0.717, 1.165) is 29.0 Å². The second kappa shape index (κ2) is 8.41. The molecule has 5 heterocycles. The Morgan fingerprint density at radius 3 is 2.75 bits per heavy atom. The average Bonchev–Trinajstić information content (AvgIpc) is 3.60. The van der Waals surface area contributed by atoms with Crippen LogP contribution in [0.2, 0.25) is 0 Å². The van der Waals surface area contributed by atoms with Crippen molar-refractivity contribution in [1.29, 1.82) is 0 Å². The van der Waals surface area contributed by atoms with Crippen molar-refractivity contribution in [2.75, 3.05) is 13.1 Å². The number of aromatic nitrogens is 4. The highest BCUT2D eigenvalue weighted by Crippen LogP contribution is 2.25. The van der Waals surface area contributed by atoms with Crippen LogP contribution in [-0.2, 0) is 12.8 Å². The third-order valence-corrected chi connectivity index (χ3v) is 5.84. The number of carbonyl (C=O) groups excluding carboxylic acids is 1. The molecular weight excluding hydrogens is 410 g/mol. The maximum absolute atomic E-state index is 12.9. The van der Waals surface area contributed by atoms with Gasteiger partial charge in [0.15, 0.2) is 11.6 Å².